The highest BCUT2D eigenvalue weighted by Crippen LogP contribution is 2.44. The van der Waals surface area contributed by atoms with Crippen molar-refractivity contribution in [3.05, 3.63) is 16.3 Å². The van der Waals surface area contributed by atoms with Gasteiger partial charge in [-0.1, -0.05) is 0 Å². The Morgan fingerprint density at radius 3 is 2.57 bits per heavy atom. The highest BCUT2D eigenvalue weighted by molar-refractivity contribution is 7.19. The summed E-state index contributed by atoms with van der Waals surface area (Å²) in [4.78, 5) is 15.4. The predicted molar refractivity (Wildman–Crippen MR) is 87.5 cm³/mol. The fourth-order valence-electron chi connectivity index (χ4n) is 3.84. The lowest BCUT2D eigenvalue weighted by molar-refractivity contribution is 0.700. The monoisotopic (exact) mass is 299 g/mol. The Kier molecular flexibility index (Phi) is 2.75. The molecule has 1 saturated carbocycles. The first kappa shape index (κ1) is 12.4. The quantitative estimate of drug-likeness (QED) is 0.838. The van der Waals surface area contributed by atoms with E-state index >= 15 is 0 Å². The molecule has 21 heavy (non-hydrogen) atoms. The molecule has 2 aliphatic carbocycles. The second-order valence-corrected chi connectivity index (χ2v) is 7.85. The van der Waals surface area contributed by atoms with Gasteiger partial charge in [-0.15, -0.1) is 11.3 Å². The van der Waals surface area contributed by atoms with Gasteiger partial charge in [-0.25, -0.2) is 9.97 Å². The summed E-state index contributed by atoms with van der Waals surface area (Å²) in [6.07, 6.45) is 10.4. The average Bonchev–Trinajstić information content (AvgIpc) is 3.09. The van der Waals surface area contributed by atoms with Gasteiger partial charge in [-0.3, -0.25) is 0 Å². The molecule has 0 spiro atoms. The highest BCUT2D eigenvalue weighted by atomic mass is 32.1. The first-order chi connectivity index (χ1) is 10.4. The van der Waals surface area contributed by atoms with Gasteiger partial charge in [0.15, 0.2) is 0 Å². The summed E-state index contributed by atoms with van der Waals surface area (Å²) in [7, 11) is 0. The average molecular weight is 299 g/mol. The van der Waals surface area contributed by atoms with Crippen LogP contribution in [0.5, 0.6) is 0 Å². The normalized spacial score (nSPS) is 22.0. The molecule has 2 aromatic heterocycles. The third-order valence-corrected chi connectivity index (χ3v) is 6.35. The summed E-state index contributed by atoms with van der Waals surface area (Å²) < 4.78 is 0. The molecule has 4 heteroatoms. The summed E-state index contributed by atoms with van der Waals surface area (Å²) in [5.74, 6) is 3.05. The van der Waals surface area contributed by atoms with Gasteiger partial charge in [0.1, 0.15) is 16.5 Å². The zero-order valence-corrected chi connectivity index (χ0v) is 13.2. The van der Waals surface area contributed by atoms with Crippen LogP contribution in [0, 0.1) is 0 Å². The zero-order valence-electron chi connectivity index (χ0n) is 12.4. The van der Waals surface area contributed by atoms with Gasteiger partial charge in [0.25, 0.3) is 0 Å². The van der Waals surface area contributed by atoms with E-state index in [0.29, 0.717) is 5.92 Å². The fourth-order valence-corrected chi connectivity index (χ4v) is 5.10. The van der Waals surface area contributed by atoms with Crippen molar-refractivity contribution in [2.24, 2.45) is 0 Å². The molecule has 0 unspecified atom stereocenters. The molecule has 0 aromatic carbocycles. The fraction of sp³-hybridized carbons (Fsp3) is 0.647. The lowest BCUT2D eigenvalue weighted by Gasteiger charge is -2.20. The number of fused-ring (bicyclic) bond motifs is 3. The summed E-state index contributed by atoms with van der Waals surface area (Å²) in [5, 5.41) is 1.42. The van der Waals surface area contributed by atoms with Gasteiger partial charge >= 0.3 is 0 Å². The number of aromatic nitrogens is 2. The van der Waals surface area contributed by atoms with Crippen LogP contribution in [0.2, 0.25) is 0 Å². The van der Waals surface area contributed by atoms with Gasteiger partial charge < -0.3 is 4.90 Å². The van der Waals surface area contributed by atoms with Crippen LogP contribution in [0.3, 0.4) is 0 Å². The van der Waals surface area contributed by atoms with Crippen LogP contribution in [0.1, 0.15) is 60.7 Å². The number of aryl methyl sites for hydroxylation is 2. The van der Waals surface area contributed by atoms with Crippen molar-refractivity contribution in [1.82, 2.24) is 9.97 Å². The first-order valence-corrected chi connectivity index (χ1v) is 9.29. The van der Waals surface area contributed by atoms with Crippen LogP contribution in [-0.4, -0.2) is 23.1 Å². The minimum atomic E-state index is 0.648. The van der Waals surface area contributed by atoms with Crippen molar-refractivity contribution >= 4 is 27.4 Å². The standard InChI is InChI=1S/C17H21N3S/c1-2-6-13-12(5-1)14-16(20-9-3-4-10-20)18-15(11-7-8-11)19-17(14)21-13/h11H,1-10H2. The second-order valence-electron chi connectivity index (χ2n) is 6.76. The summed E-state index contributed by atoms with van der Waals surface area (Å²) in [5.41, 5.74) is 1.59. The van der Waals surface area contributed by atoms with Gasteiger partial charge in [0.05, 0.1) is 5.39 Å². The van der Waals surface area contributed by atoms with Gasteiger partial charge in [0, 0.05) is 23.9 Å². The number of hydrogen-bond donors (Lipinski definition) is 0. The van der Waals surface area contributed by atoms with Crippen molar-refractivity contribution < 1.29 is 0 Å². The summed E-state index contributed by atoms with van der Waals surface area (Å²) >= 11 is 1.95. The second kappa shape index (κ2) is 4.67. The molecule has 5 rings (SSSR count). The smallest absolute Gasteiger partial charge is 0.141 e. The Balaban J connectivity index is 1.74. The molecule has 2 aromatic rings. The van der Waals surface area contributed by atoms with Crippen LogP contribution in [0.25, 0.3) is 10.2 Å². The molecule has 0 amide bonds. The Morgan fingerprint density at radius 2 is 1.76 bits per heavy atom. The van der Waals surface area contributed by atoms with Crippen LogP contribution >= 0.6 is 11.3 Å². The number of rotatable bonds is 2. The van der Waals surface area contributed by atoms with Gasteiger partial charge in [-0.05, 0) is 56.9 Å². The largest absolute Gasteiger partial charge is 0.356 e. The molecule has 3 nitrogen and oxygen atoms in total. The molecule has 3 aliphatic rings. The molecule has 110 valence electrons. The maximum Gasteiger partial charge on any atom is 0.141 e. The van der Waals surface area contributed by atoms with E-state index in [9.17, 15) is 0 Å². The highest BCUT2D eigenvalue weighted by Gasteiger charge is 2.31. The first-order valence-electron chi connectivity index (χ1n) is 8.47. The van der Waals surface area contributed by atoms with E-state index in [-0.39, 0.29) is 0 Å². The van der Waals surface area contributed by atoms with E-state index in [4.69, 9.17) is 9.97 Å². The van der Waals surface area contributed by atoms with E-state index < -0.39 is 0 Å². The molecule has 0 N–H and O–H groups in total. The minimum absolute atomic E-state index is 0.648. The zero-order chi connectivity index (χ0) is 13.8. The predicted octanol–water partition coefficient (Wildman–Crippen LogP) is 4.05. The topological polar surface area (TPSA) is 29.0 Å². The Morgan fingerprint density at radius 1 is 0.952 bits per heavy atom. The minimum Gasteiger partial charge on any atom is -0.356 e. The summed E-state index contributed by atoms with van der Waals surface area (Å²) in [6, 6.07) is 0. The number of thiophene rings is 1. The lowest BCUT2D eigenvalue weighted by Crippen LogP contribution is -2.20. The maximum absolute atomic E-state index is 5.05. The number of anilines is 1. The van der Waals surface area contributed by atoms with E-state index in [1.165, 1.54) is 80.5 Å². The molecule has 1 saturated heterocycles. The van der Waals surface area contributed by atoms with Crippen LogP contribution in [0.15, 0.2) is 0 Å². The van der Waals surface area contributed by atoms with Crippen molar-refractivity contribution in [3.63, 3.8) is 0 Å². The van der Waals surface area contributed by atoms with Crippen LogP contribution < -0.4 is 4.90 Å². The molecular formula is C17H21N3S. The van der Waals surface area contributed by atoms with Crippen molar-refractivity contribution in [2.75, 3.05) is 18.0 Å². The third-order valence-electron chi connectivity index (χ3n) is 5.16. The summed E-state index contributed by atoms with van der Waals surface area (Å²) in [6.45, 7) is 2.36. The lowest BCUT2D eigenvalue weighted by atomic mass is 9.97. The number of hydrogen-bond acceptors (Lipinski definition) is 4. The van der Waals surface area contributed by atoms with Gasteiger partial charge in [0.2, 0.25) is 0 Å². The molecule has 0 atom stereocenters. The van der Waals surface area contributed by atoms with Crippen molar-refractivity contribution in [1.29, 1.82) is 0 Å². The molecule has 2 fully saturated rings. The van der Waals surface area contributed by atoms with E-state index in [1.54, 1.807) is 10.4 Å². The molecular weight excluding hydrogens is 278 g/mol. The Hall–Kier alpha value is -1.16. The van der Waals surface area contributed by atoms with Gasteiger partial charge in [-0.2, -0.15) is 0 Å². The Bertz CT molecular complexity index is 696. The molecule has 1 aliphatic heterocycles. The maximum atomic E-state index is 5.05. The molecule has 0 bridgehead atoms. The van der Waals surface area contributed by atoms with Crippen LogP contribution in [0.4, 0.5) is 5.82 Å². The van der Waals surface area contributed by atoms with E-state index in [0.717, 1.165) is 5.82 Å². The Labute approximate surface area is 129 Å². The number of nitrogens with zero attached hydrogens (tertiary/aromatic N) is 3. The molecule has 3 heterocycles. The van der Waals surface area contributed by atoms with E-state index in [2.05, 4.69) is 4.90 Å². The third kappa shape index (κ3) is 1.99. The van der Waals surface area contributed by atoms with Crippen LogP contribution in [-0.2, 0) is 12.8 Å². The molecule has 0 radical (unpaired) electrons. The van der Waals surface area contributed by atoms with E-state index in [1.807, 2.05) is 11.3 Å². The SMILES string of the molecule is C1CCc2c(sc3nc(C4CC4)nc(N4CCCC4)c23)C1. The van der Waals surface area contributed by atoms with Crippen molar-refractivity contribution in [2.45, 2.75) is 57.3 Å². The van der Waals surface area contributed by atoms with Crippen molar-refractivity contribution in [3.8, 4) is 0 Å².